The maximum absolute atomic E-state index is 10.8. The number of aliphatic hydroxyl groups is 2. The van der Waals surface area contributed by atoms with Crippen molar-refractivity contribution < 1.29 is 29.7 Å². The van der Waals surface area contributed by atoms with E-state index in [1.165, 1.54) is 0 Å². The number of carboxylic acids is 1. The maximum Gasteiger partial charge on any atom is 0.323 e. The number of amides is 2. The molecule has 0 radical (unpaired) electrons. The van der Waals surface area contributed by atoms with Crippen LogP contribution in [0.4, 0.5) is 0 Å². The molecular formula is C8H13NO6. The molecule has 1 saturated heterocycles. The molecule has 1 heterocycles. The van der Waals surface area contributed by atoms with Crippen molar-refractivity contribution in [3.63, 3.8) is 0 Å². The van der Waals surface area contributed by atoms with Crippen molar-refractivity contribution in [2.75, 3.05) is 19.8 Å². The SMILES string of the molecule is O=C(O)CN1C(=O)CCC1=O.OCCO. The Morgan fingerprint density at radius 1 is 1.13 bits per heavy atom. The molecule has 7 nitrogen and oxygen atoms in total. The van der Waals surface area contributed by atoms with Crippen molar-refractivity contribution in [2.45, 2.75) is 12.8 Å². The van der Waals surface area contributed by atoms with Crippen LogP contribution < -0.4 is 0 Å². The normalized spacial score (nSPS) is 14.9. The Hall–Kier alpha value is -1.47. The van der Waals surface area contributed by atoms with Gasteiger partial charge in [-0.1, -0.05) is 0 Å². The summed E-state index contributed by atoms with van der Waals surface area (Å²) in [7, 11) is 0. The van der Waals surface area contributed by atoms with Gasteiger partial charge < -0.3 is 15.3 Å². The summed E-state index contributed by atoms with van der Waals surface area (Å²) in [6.07, 6.45) is 0.290. The summed E-state index contributed by atoms with van der Waals surface area (Å²) in [6.45, 7) is -0.752. The number of imide groups is 1. The minimum absolute atomic E-state index is 0.125. The zero-order chi connectivity index (χ0) is 11.8. The molecule has 0 aromatic carbocycles. The molecule has 0 aromatic rings. The number of hydrogen-bond acceptors (Lipinski definition) is 5. The minimum Gasteiger partial charge on any atom is -0.480 e. The Morgan fingerprint density at radius 2 is 1.53 bits per heavy atom. The summed E-state index contributed by atoms with van der Waals surface area (Å²) >= 11 is 0. The smallest absolute Gasteiger partial charge is 0.323 e. The number of carboxylic acid groups (broad SMARTS) is 1. The molecule has 0 saturated carbocycles. The average molecular weight is 219 g/mol. The lowest BCUT2D eigenvalue weighted by molar-refractivity contribution is -0.148. The topological polar surface area (TPSA) is 115 Å². The molecule has 0 spiro atoms. The number of carbonyl (C=O) groups is 3. The number of carbonyl (C=O) groups excluding carboxylic acids is 2. The Morgan fingerprint density at radius 3 is 1.80 bits per heavy atom. The van der Waals surface area contributed by atoms with Crippen molar-refractivity contribution >= 4 is 17.8 Å². The van der Waals surface area contributed by atoms with Gasteiger partial charge >= 0.3 is 5.97 Å². The van der Waals surface area contributed by atoms with Crippen LogP contribution in [-0.2, 0) is 14.4 Å². The van der Waals surface area contributed by atoms with E-state index in [2.05, 4.69) is 0 Å². The molecule has 0 aromatic heterocycles. The van der Waals surface area contributed by atoms with Crippen LogP contribution in [0, 0.1) is 0 Å². The fraction of sp³-hybridized carbons (Fsp3) is 0.625. The monoisotopic (exact) mass is 219 g/mol. The van der Waals surface area contributed by atoms with E-state index in [1.807, 2.05) is 0 Å². The molecule has 1 fully saturated rings. The summed E-state index contributed by atoms with van der Waals surface area (Å²) in [6, 6.07) is 0. The first kappa shape index (κ1) is 13.5. The lowest BCUT2D eigenvalue weighted by Gasteiger charge is -2.08. The lowest BCUT2D eigenvalue weighted by atomic mass is 10.4. The van der Waals surface area contributed by atoms with Crippen LogP contribution >= 0.6 is 0 Å². The van der Waals surface area contributed by atoms with Crippen molar-refractivity contribution in [1.82, 2.24) is 4.90 Å². The standard InChI is InChI=1S/C6H7NO4.C2H6O2/c8-4-1-2-5(9)7(4)3-6(10)11;3-1-2-4/h1-3H2,(H,10,11);3-4H,1-2H2. The predicted molar refractivity (Wildman–Crippen MR) is 47.8 cm³/mol. The van der Waals surface area contributed by atoms with E-state index in [9.17, 15) is 14.4 Å². The molecule has 0 bridgehead atoms. The molecule has 7 heteroatoms. The molecule has 0 atom stereocenters. The first-order valence-electron chi connectivity index (χ1n) is 4.29. The van der Waals surface area contributed by atoms with Crippen molar-refractivity contribution in [2.24, 2.45) is 0 Å². The maximum atomic E-state index is 10.8. The van der Waals surface area contributed by atoms with Crippen LogP contribution in [0.2, 0.25) is 0 Å². The summed E-state index contributed by atoms with van der Waals surface area (Å²) in [5.74, 6) is -1.94. The van der Waals surface area contributed by atoms with Crippen molar-refractivity contribution in [3.8, 4) is 0 Å². The van der Waals surface area contributed by atoms with E-state index in [0.29, 0.717) is 0 Å². The average Bonchev–Trinajstić information content (AvgIpc) is 2.49. The number of aliphatic hydroxyl groups excluding tert-OH is 2. The molecule has 3 N–H and O–H groups in total. The highest BCUT2D eigenvalue weighted by Gasteiger charge is 2.30. The van der Waals surface area contributed by atoms with Gasteiger partial charge in [0, 0.05) is 12.8 Å². The highest BCUT2D eigenvalue weighted by molar-refractivity contribution is 6.03. The van der Waals surface area contributed by atoms with E-state index in [0.717, 1.165) is 4.90 Å². The molecule has 0 unspecified atom stereocenters. The van der Waals surface area contributed by atoms with Gasteiger partial charge in [-0.15, -0.1) is 0 Å². The Kier molecular flexibility index (Phi) is 6.23. The van der Waals surface area contributed by atoms with E-state index >= 15 is 0 Å². The largest absolute Gasteiger partial charge is 0.480 e. The van der Waals surface area contributed by atoms with E-state index in [-0.39, 0.29) is 26.1 Å². The Labute approximate surface area is 85.9 Å². The molecule has 15 heavy (non-hydrogen) atoms. The number of aliphatic carboxylic acids is 1. The van der Waals surface area contributed by atoms with Gasteiger partial charge in [0.05, 0.1) is 13.2 Å². The van der Waals surface area contributed by atoms with Crippen LogP contribution in [0.5, 0.6) is 0 Å². The lowest BCUT2D eigenvalue weighted by Crippen LogP contribution is -2.34. The van der Waals surface area contributed by atoms with Gasteiger partial charge in [0.15, 0.2) is 0 Å². The second-order valence-electron chi connectivity index (χ2n) is 2.71. The van der Waals surface area contributed by atoms with Gasteiger partial charge in [0.2, 0.25) is 11.8 Å². The third kappa shape index (κ3) is 5.08. The second kappa shape index (κ2) is 6.91. The zero-order valence-corrected chi connectivity index (χ0v) is 8.05. The third-order valence-electron chi connectivity index (χ3n) is 1.55. The molecule has 1 aliphatic rings. The molecule has 2 amide bonds. The van der Waals surface area contributed by atoms with Gasteiger partial charge in [0.25, 0.3) is 0 Å². The summed E-state index contributed by atoms with van der Waals surface area (Å²) < 4.78 is 0. The van der Waals surface area contributed by atoms with E-state index in [1.54, 1.807) is 0 Å². The minimum atomic E-state index is -1.16. The first-order chi connectivity index (χ1) is 7.02. The van der Waals surface area contributed by atoms with Crippen LogP contribution in [0.1, 0.15) is 12.8 Å². The van der Waals surface area contributed by atoms with Crippen molar-refractivity contribution in [3.05, 3.63) is 0 Å². The highest BCUT2D eigenvalue weighted by Crippen LogP contribution is 2.10. The molecular weight excluding hydrogens is 206 g/mol. The molecule has 1 aliphatic heterocycles. The molecule has 86 valence electrons. The molecule has 0 aliphatic carbocycles. The number of likely N-dealkylation sites (tertiary alicyclic amines) is 1. The summed E-state index contributed by atoms with van der Waals surface area (Å²) in [5.41, 5.74) is 0. The predicted octanol–water partition coefficient (Wildman–Crippen LogP) is -1.81. The van der Waals surface area contributed by atoms with Gasteiger partial charge in [0.1, 0.15) is 6.54 Å². The number of nitrogens with zero attached hydrogens (tertiary/aromatic N) is 1. The second-order valence-corrected chi connectivity index (χ2v) is 2.71. The summed E-state index contributed by atoms with van der Waals surface area (Å²) in [4.78, 5) is 32.4. The summed E-state index contributed by atoms with van der Waals surface area (Å²) in [5, 5.41) is 23.5. The van der Waals surface area contributed by atoms with E-state index in [4.69, 9.17) is 15.3 Å². The molecule has 1 rings (SSSR count). The van der Waals surface area contributed by atoms with Gasteiger partial charge in [-0.2, -0.15) is 0 Å². The van der Waals surface area contributed by atoms with Crippen LogP contribution in [0.25, 0.3) is 0 Å². The van der Waals surface area contributed by atoms with Crippen molar-refractivity contribution in [1.29, 1.82) is 0 Å². The van der Waals surface area contributed by atoms with Crippen LogP contribution in [-0.4, -0.2) is 57.8 Å². The van der Waals surface area contributed by atoms with Gasteiger partial charge in [-0.05, 0) is 0 Å². The fourth-order valence-electron chi connectivity index (χ4n) is 0.934. The number of hydrogen-bond donors (Lipinski definition) is 3. The van der Waals surface area contributed by atoms with Crippen LogP contribution in [0.15, 0.2) is 0 Å². The quantitative estimate of drug-likeness (QED) is 0.482. The number of rotatable bonds is 3. The van der Waals surface area contributed by atoms with E-state index < -0.39 is 24.3 Å². The zero-order valence-electron chi connectivity index (χ0n) is 8.05. The Balaban J connectivity index is 0.000000423. The Bertz CT molecular complexity index is 234. The van der Waals surface area contributed by atoms with Crippen LogP contribution in [0.3, 0.4) is 0 Å². The third-order valence-corrected chi connectivity index (χ3v) is 1.55. The first-order valence-corrected chi connectivity index (χ1v) is 4.29. The highest BCUT2D eigenvalue weighted by atomic mass is 16.4. The fourth-order valence-corrected chi connectivity index (χ4v) is 0.934. The van der Waals surface area contributed by atoms with Gasteiger partial charge in [-0.25, -0.2) is 0 Å². The van der Waals surface area contributed by atoms with Gasteiger partial charge in [-0.3, -0.25) is 19.3 Å².